The Hall–Kier alpha value is -1.70. The van der Waals surface area contributed by atoms with Crippen molar-refractivity contribution in [3.63, 3.8) is 0 Å². The van der Waals surface area contributed by atoms with Crippen molar-refractivity contribution in [3.8, 4) is 0 Å². The smallest absolute Gasteiger partial charge is 0.323 e. The van der Waals surface area contributed by atoms with Crippen LogP contribution in [0.5, 0.6) is 0 Å². The number of carboxylic acid groups (broad SMARTS) is 1. The fourth-order valence-corrected chi connectivity index (χ4v) is 2.74. The van der Waals surface area contributed by atoms with E-state index >= 15 is 0 Å². The lowest BCUT2D eigenvalue weighted by atomic mass is 9.99. The normalized spacial score (nSPS) is 22.5. The van der Waals surface area contributed by atoms with Gasteiger partial charge in [0, 0.05) is 13.1 Å². The Morgan fingerprint density at radius 2 is 2.21 bits per heavy atom. The van der Waals surface area contributed by atoms with Gasteiger partial charge < -0.3 is 10.0 Å². The molecule has 7 nitrogen and oxygen atoms in total. The van der Waals surface area contributed by atoms with Gasteiger partial charge in [0.05, 0.1) is 5.92 Å². The van der Waals surface area contributed by atoms with Gasteiger partial charge in [-0.2, -0.15) is 0 Å². The molecule has 0 unspecified atom stereocenters. The standard InChI is InChI=1S/C11H16N4O3S/c1-3-8-13-14-10(19-8)12-11(18)15-4-6(2)7(5-15)9(16)17/h6-7H,3-5H2,1-2H3,(H,16,17)(H,12,14,18)/t6-,7-/m1/s1. The summed E-state index contributed by atoms with van der Waals surface area (Å²) < 4.78 is 0. The lowest BCUT2D eigenvalue weighted by Crippen LogP contribution is -2.33. The molecule has 2 atom stereocenters. The maximum Gasteiger partial charge on any atom is 0.323 e. The molecule has 8 heteroatoms. The average molecular weight is 284 g/mol. The van der Waals surface area contributed by atoms with Crippen molar-refractivity contribution in [2.24, 2.45) is 11.8 Å². The number of carbonyl (C=O) groups is 2. The minimum Gasteiger partial charge on any atom is -0.481 e. The molecule has 2 heterocycles. The molecule has 1 aromatic rings. The molecule has 2 rings (SSSR count). The number of hydrogen-bond donors (Lipinski definition) is 2. The van der Waals surface area contributed by atoms with Crippen LogP contribution in [0.2, 0.25) is 0 Å². The molecule has 0 aliphatic carbocycles. The molecule has 1 fully saturated rings. The number of carbonyl (C=O) groups excluding carboxylic acids is 1. The molecule has 1 aliphatic rings. The zero-order valence-corrected chi connectivity index (χ0v) is 11.6. The summed E-state index contributed by atoms with van der Waals surface area (Å²) in [5.74, 6) is -1.39. The first-order chi connectivity index (χ1) is 9.01. The van der Waals surface area contributed by atoms with E-state index in [1.54, 1.807) is 0 Å². The maximum atomic E-state index is 12.0. The van der Waals surface area contributed by atoms with Crippen LogP contribution < -0.4 is 5.32 Å². The Kier molecular flexibility index (Phi) is 3.98. The summed E-state index contributed by atoms with van der Waals surface area (Å²) in [5.41, 5.74) is 0. The third kappa shape index (κ3) is 3.01. The molecule has 0 saturated carbocycles. The summed E-state index contributed by atoms with van der Waals surface area (Å²) in [6.07, 6.45) is 0.773. The zero-order chi connectivity index (χ0) is 14.0. The number of likely N-dealkylation sites (tertiary alicyclic amines) is 1. The van der Waals surface area contributed by atoms with E-state index in [2.05, 4.69) is 15.5 Å². The fraction of sp³-hybridized carbons (Fsp3) is 0.636. The number of aromatic nitrogens is 2. The summed E-state index contributed by atoms with van der Waals surface area (Å²) in [7, 11) is 0. The van der Waals surface area contributed by atoms with E-state index < -0.39 is 11.9 Å². The first-order valence-corrected chi connectivity index (χ1v) is 6.94. The molecule has 0 spiro atoms. The van der Waals surface area contributed by atoms with Gasteiger partial charge in [0.1, 0.15) is 5.01 Å². The third-order valence-electron chi connectivity index (χ3n) is 3.20. The van der Waals surface area contributed by atoms with Crippen molar-refractivity contribution in [1.29, 1.82) is 0 Å². The van der Waals surface area contributed by atoms with E-state index in [4.69, 9.17) is 5.11 Å². The lowest BCUT2D eigenvalue weighted by Gasteiger charge is -2.15. The number of nitrogens with zero attached hydrogens (tertiary/aromatic N) is 3. The highest BCUT2D eigenvalue weighted by Crippen LogP contribution is 2.24. The Morgan fingerprint density at radius 1 is 1.47 bits per heavy atom. The highest BCUT2D eigenvalue weighted by atomic mass is 32.1. The number of urea groups is 1. The molecule has 1 saturated heterocycles. The fourth-order valence-electron chi connectivity index (χ4n) is 2.07. The van der Waals surface area contributed by atoms with E-state index in [0.29, 0.717) is 11.7 Å². The minimum atomic E-state index is -0.855. The summed E-state index contributed by atoms with van der Waals surface area (Å²) in [6, 6.07) is -0.311. The van der Waals surface area contributed by atoms with Crippen LogP contribution in [-0.4, -0.2) is 45.3 Å². The van der Waals surface area contributed by atoms with Gasteiger partial charge in [-0.05, 0) is 12.3 Å². The molecule has 0 bridgehead atoms. The van der Waals surface area contributed by atoms with Gasteiger partial charge in [-0.15, -0.1) is 10.2 Å². The van der Waals surface area contributed by atoms with E-state index in [1.807, 2.05) is 13.8 Å². The third-order valence-corrected chi connectivity index (χ3v) is 4.18. The number of carboxylic acids is 1. The first kappa shape index (κ1) is 13.7. The number of anilines is 1. The van der Waals surface area contributed by atoms with Gasteiger partial charge in [0.25, 0.3) is 0 Å². The zero-order valence-electron chi connectivity index (χ0n) is 10.8. The number of hydrogen-bond acceptors (Lipinski definition) is 5. The summed E-state index contributed by atoms with van der Waals surface area (Å²) >= 11 is 1.33. The van der Waals surface area contributed by atoms with E-state index in [-0.39, 0.29) is 18.5 Å². The van der Waals surface area contributed by atoms with Crippen LogP contribution >= 0.6 is 11.3 Å². The van der Waals surface area contributed by atoms with Crippen molar-refractivity contribution in [2.75, 3.05) is 18.4 Å². The Morgan fingerprint density at radius 3 is 2.74 bits per heavy atom. The van der Waals surface area contributed by atoms with Crippen LogP contribution in [0.4, 0.5) is 9.93 Å². The Labute approximate surface area is 114 Å². The van der Waals surface area contributed by atoms with E-state index in [9.17, 15) is 9.59 Å². The molecule has 2 amide bonds. The predicted molar refractivity (Wildman–Crippen MR) is 70.2 cm³/mol. The molecule has 1 aromatic heterocycles. The molecule has 0 aromatic carbocycles. The number of aliphatic carboxylic acids is 1. The highest BCUT2D eigenvalue weighted by Gasteiger charge is 2.37. The van der Waals surface area contributed by atoms with Gasteiger partial charge in [0.2, 0.25) is 5.13 Å². The van der Waals surface area contributed by atoms with Crippen molar-refractivity contribution < 1.29 is 14.7 Å². The minimum absolute atomic E-state index is 0.0381. The second-order valence-corrected chi connectivity index (χ2v) is 5.67. The van der Waals surface area contributed by atoms with Gasteiger partial charge in [0.15, 0.2) is 0 Å². The Bertz CT molecular complexity index is 490. The highest BCUT2D eigenvalue weighted by molar-refractivity contribution is 7.15. The topological polar surface area (TPSA) is 95.4 Å². The maximum absolute atomic E-state index is 12.0. The largest absolute Gasteiger partial charge is 0.481 e. The van der Waals surface area contributed by atoms with Crippen molar-refractivity contribution in [2.45, 2.75) is 20.3 Å². The average Bonchev–Trinajstić information content (AvgIpc) is 2.95. The molecule has 2 N–H and O–H groups in total. The second-order valence-electron chi connectivity index (χ2n) is 4.61. The Balaban J connectivity index is 1.96. The van der Waals surface area contributed by atoms with Crippen LogP contribution in [-0.2, 0) is 11.2 Å². The van der Waals surface area contributed by atoms with Gasteiger partial charge >= 0.3 is 12.0 Å². The van der Waals surface area contributed by atoms with Crippen molar-refractivity contribution in [1.82, 2.24) is 15.1 Å². The summed E-state index contributed by atoms with van der Waals surface area (Å²) in [4.78, 5) is 24.5. The van der Waals surface area contributed by atoms with Crippen LogP contribution in [0.25, 0.3) is 0 Å². The van der Waals surface area contributed by atoms with Crippen molar-refractivity contribution in [3.05, 3.63) is 5.01 Å². The van der Waals surface area contributed by atoms with Crippen LogP contribution in [0.15, 0.2) is 0 Å². The molecular weight excluding hydrogens is 268 g/mol. The quantitative estimate of drug-likeness (QED) is 0.872. The predicted octanol–water partition coefficient (Wildman–Crippen LogP) is 1.28. The first-order valence-electron chi connectivity index (χ1n) is 6.12. The SMILES string of the molecule is CCc1nnc(NC(=O)N2C[C@@H](C)[C@H](C(=O)O)C2)s1. The molecule has 19 heavy (non-hydrogen) atoms. The molecular formula is C11H16N4O3S. The van der Waals surface area contributed by atoms with Crippen LogP contribution in [0.1, 0.15) is 18.9 Å². The lowest BCUT2D eigenvalue weighted by molar-refractivity contribution is -0.142. The number of rotatable bonds is 3. The van der Waals surface area contributed by atoms with Crippen LogP contribution in [0, 0.1) is 11.8 Å². The summed E-state index contributed by atoms with van der Waals surface area (Å²) in [6.45, 7) is 4.49. The van der Waals surface area contributed by atoms with E-state index in [1.165, 1.54) is 16.2 Å². The number of aryl methyl sites for hydroxylation is 1. The number of nitrogens with one attached hydrogen (secondary N) is 1. The monoisotopic (exact) mass is 284 g/mol. The van der Waals surface area contributed by atoms with Crippen molar-refractivity contribution >= 4 is 28.5 Å². The van der Waals surface area contributed by atoms with Gasteiger partial charge in [-0.25, -0.2) is 4.79 Å². The summed E-state index contributed by atoms with van der Waals surface area (Å²) in [5, 5.41) is 20.8. The van der Waals surface area contributed by atoms with Gasteiger partial charge in [-0.3, -0.25) is 10.1 Å². The molecule has 0 radical (unpaired) electrons. The van der Waals surface area contributed by atoms with E-state index in [0.717, 1.165) is 11.4 Å². The molecule has 1 aliphatic heterocycles. The second kappa shape index (κ2) is 5.52. The van der Waals surface area contributed by atoms with Crippen LogP contribution in [0.3, 0.4) is 0 Å². The number of amides is 2. The molecule has 104 valence electrons. The van der Waals surface area contributed by atoms with Gasteiger partial charge in [-0.1, -0.05) is 25.2 Å².